The van der Waals surface area contributed by atoms with Crippen LogP contribution in [0.4, 0.5) is 4.39 Å². The van der Waals surface area contributed by atoms with Gasteiger partial charge < -0.3 is 0 Å². The summed E-state index contributed by atoms with van der Waals surface area (Å²) in [6.07, 6.45) is 0.572. The predicted octanol–water partition coefficient (Wildman–Crippen LogP) is 3.13. The number of benzene rings is 1. The summed E-state index contributed by atoms with van der Waals surface area (Å²) < 4.78 is 37.2. The van der Waals surface area contributed by atoms with Crippen LogP contribution in [0.1, 0.15) is 38.7 Å². The summed E-state index contributed by atoms with van der Waals surface area (Å²) in [7, 11) is -3.22. The molecule has 0 amide bonds. The molecule has 1 aromatic carbocycles. The van der Waals surface area contributed by atoms with Crippen molar-refractivity contribution in [2.45, 2.75) is 38.0 Å². The monoisotopic (exact) mass is 256 g/mol. The molecule has 1 aliphatic heterocycles. The highest BCUT2D eigenvalue weighted by atomic mass is 32.2. The van der Waals surface area contributed by atoms with E-state index in [0.29, 0.717) is 16.9 Å². The molecule has 1 aliphatic rings. The third-order valence-corrected chi connectivity index (χ3v) is 5.22. The molecule has 1 heterocycles. The number of hydrogen-bond acceptors (Lipinski definition) is 2. The Morgan fingerprint density at radius 2 is 1.94 bits per heavy atom. The number of halogens is 1. The molecule has 0 fully saturated rings. The van der Waals surface area contributed by atoms with Gasteiger partial charge in [-0.3, -0.25) is 0 Å². The van der Waals surface area contributed by atoms with E-state index in [1.807, 2.05) is 0 Å². The SMILES string of the molecule is CC(C)(C)C1CCS(=O)(=O)c2ccc(F)cc21. The highest BCUT2D eigenvalue weighted by Crippen LogP contribution is 2.44. The fraction of sp³-hybridized carbons (Fsp3) is 0.538. The third-order valence-electron chi connectivity index (χ3n) is 3.40. The van der Waals surface area contributed by atoms with Crippen LogP contribution in [-0.4, -0.2) is 14.2 Å². The average Bonchev–Trinajstić information content (AvgIpc) is 2.14. The van der Waals surface area contributed by atoms with Gasteiger partial charge in [0.25, 0.3) is 0 Å². The summed E-state index contributed by atoms with van der Waals surface area (Å²) >= 11 is 0. The molecule has 0 saturated heterocycles. The van der Waals surface area contributed by atoms with E-state index in [-0.39, 0.29) is 22.9 Å². The van der Waals surface area contributed by atoms with Crippen LogP contribution in [0.3, 0.4) is 0 Å². The summed E-state index contributed by atoms with van der Waals surface area (Å²) in [5.41, 5.74) is 0.585. The quantitative estimate of drug-likeness (QED) is 0.668. The van der Waals surface area contributed by atoms with Crippen molar-refractivity contribution in [1.29, 1.82) is 0 Å². The minimum Gasteiger partial charge on any atom is -0.224 e. The van der Waals surface area contributed by atoms with Crippen LogP contribution in [-0.2, 0) is 9.84 Å². The van der Waals surface area contributed by atoms with Gasteiger partial charge in [0.15, 0.2) is 9.84 Å². The van der Waals surface area contributed by atoms with Crippen molar-refractivity contribution in [3.8, 4) is 0 Å². The number of rotatable bonds is 0. The van der Waals surface area contributed by atoms with E-state index < -0.39 is 9.84 Å². The van der Waals surface area contributed by atoms with Crippen LogP contribution in [0.5, 0.6) is 0 Å². The van der Waals surface area contributed by atoms with E-state index in [1.165, 1.54) is 18.2 Å². The van der Waals surface area contributed by atoms with Gasteiger partial charge in [0.2, 0.25) is 0 Å². The van der Waals surface area contributed by atoms with Crippen LogP contribution < -0.4 is 0 Å². The first kappa shape index (κ1) is 12.6. The van der Waals surface area contributed by atoms with E-state index in [2.05, 4.69) is 20.8 Å². The lowest BCUT2D eigenvalue weighted by Crippen LogP contribution is -2.28. The smallest absolute Gasteiger partial charge is 0.178 e. The van der Waals surface area contributed by atoms with Gasteiger partial charge in [-0.15, -0.1) is 0 Å². The van der Waals surface area contributed by atoms with Gasteiger partial charge in [0.1, 0.15) is 5.82 Å². The fourth-order valence-corrected chi connectivity index (χ4v) is 4.11. The lowest BCUT2D eigenvalue weighted by molar-refractivity contribution is 0.305. The largest absolute Gasteiger partial charge is 0.224 e. The molecule has 2 nitrogen and oxygen atoms in total. The lowest BCUT2D eigenvalue weighted by atomic mass is 9.75. The summed E-state index contributed by atoms with van der Waals surface area (Å²) in [6, 6.07) is 4.00. The van der Waals surface area contributed by atoms with E-state index >= 15 is 0 Å². The molecule has 0 aliphatic carbocycles. The Bertz CT molecular complexity index is 541. The Hall–Kier alpha value is -0.900. The molecule has 4 heteroatoms. The van der Waals surface area contributed by atoms with Gasteiger partial charge in [-0.1, -0.05) is 20.8 Å². The average molecular weight is 256 g/mol. The van der Waals surface area contributed by atoms with Crippen molar-refractivity contribution in [1.82, 2.24) is 0 Å². The first-order chi connectivity index (χ1) is 7.72. The minimum absolute atomic E-state index is 0.0571. The van der Waals surface area contributed by atoms with Crippen molar-refractivity contribution in [2.75, 3.05) is 5.75 Å². The Kier molecular flexibility index (Phi) is 2.81. The van der Waals surface area contributed by atoms with Gasteiger partial charge in [-0.05, 0) is 41.5 Å². The van der Waals surface area contributed by atoms with Crippen LogP contribution in [0.15, 0.2) is 23.1 Å². The van der Waals surface area contributed by atoms with E-state index in [0.717, 1.165) is 0 Å². The van der Waals surface area contributed by atoms with Crippen molar-refractivity contribution in [3.05, 3.63) is 29.6 Å². The molecule has 0 radical (unpaired) electrons. The maximum atomic E-state index is 13.3. The molecule has 0 spiro atoms. The molecule has 17 heavy (non-hydrogen) atoms. The topological polar surface area (TPSA) is 34.1 Å². The molecule has 0 aromatic heterocycles. The molecule has 1 atom stereocenters. The van der Waals surface area contributed by atoms with Crippen LogP contribution >= 0.6 is 0 Å². The predicted molar refractivity (Wildman–Crippen MR) is 65.3 cm³/mol. The van der Waals surface area contributed by atoms with Crippen LogP contribution in [0.2, 0.25) is 0 Å². The van der Waals surface area contributed by atoms with E-state index in [1.54, 1.807) is 0 Å². The molecule has 0 bridgehead atoms. The third kappa shape index (κ3) is 2.23. The second-order valence-corrected chi connectivity index (χ2v) is 7.79. The molecule has 2 rings (SSSR count). The minimum atomic E-state index is -3.22. The Morgan fingerprint density at radius 3 is 2.53 bits per heavy atom. The molecular formula is C13H17FO2S. The van der Waals surface area contributed by atoms with Crippen LogP contribution in [0, 0.1) is 11.2 Å². The van der Waals surface area contributed by atoms with E-state index in [4.69, 9.17) is 0 Å². The zero-order chi connectivity index (χ0) is 12.8. The zero-order valence-electron chi connectivity index (χ0n) is 10.3. The maximum absolute atomic E-state index is 13.3. The first-order valence-electron chi connectivity index (χ1n) is 5.74. The lowest BCUT2D eigenvalue weighted by Gasteiger charge is -2.35. The summed E-state index contributed by atoms with van der Waals surface area (Å²) in [6.45, 7) is 6.18. The van der Waals surface area contributed by atoms with Crippen molar-refractivity contribution < 1.29 is 12.8 Å². The van der Waals surface area contributed by atoms with Crippen molar-refractivity contribution in [2.24, 2.45) is 5.41 Å². The fourth-order valence-electron chi connectivity index (χ4n) is 2.51. The number of hydrogen-bond donors (Lipinski definition) is 0. The molecule has 94 valence electrons. The number of fused-ring (bicyclic) bond motifs is 1. The molecular weight excluding hydrogens is 239 g/mol. The van der Waals surface area contributed by atoms with Gasteiger partial charge in [0.05, 0.1) is 10.6 Å². The first-order valence-corrected chi connectivity index (χ1v) is 7.39. The molecule has 0 saturated carbocycles. The zero-order valence-corrected chi connectivity index (χ0v) is 11.1. The Balaban J connectivity index is 2.65. The number of sulfone groups is 1. The summed E-state index contributed by atoms with van der Waals surface area (Å²) in [4.78, 5) is 0.310. The van der Waals surface area contributed by atoms with Gasteiger partial charge >= 0.3 is 0 Å². The molecule has 1 unspecified atom stereocenters. The van der Waals surface area contributed by atoms with Crippen molar-refractivity contribution in [3.63, 3.8) is 0 Å². The highest BCUT2D eigenvalue weighted by molar-refractivity contribution is 7.91. The van der Waals surface area contributed by atoms with Gasteiger partial charge in [0, 0.05) is 0 Å². The maximum Gasteiger partial charge on any atom is 0.178 e. The Morgan fingerprint density at radius 1 is 1.29 bits per heavy atom. The standard InChI is InChI=1S/C13H17FO2S/c1-13(2,3)11-6-7-17(15,16)12-5-4-9(14)8-10(11)12/h4-5,8,11H,6-7H2,1-3H3. The second-order valence-electron chi connectivity index (χ2n) is 5.71. The van der Waals surface area contributed by atoms with Gasteiger partial charge in [-0.2, -0.15) is 0 Å². The van der Waals surface area contributed by atoms with E-state index in [9.17, 15) is 12.8 Å². The summed E-state index contributed by atoms with van der Waals surface area (Å²) in [5, 5.41) is 0. The normalized spacial score (nSPS) is 23.2. The van der Waals surface area contributed by atoms with Crippen LogP contribution in [0.25, 0.3) is 0 Å². The summed E-state index contributed by atoms with van der Waals surface area (Å²) in [5.74, 6) is -0.111. The molecule has 1 aromatic rings. The Labute approximate surface area is 102 Å². The second kappa shape index (κ2) is 3.80. The highest BCUT2D eigenvalue weighted by Gasteiger charge is 2.36. The van der Waals surface area contributed by atoms with Gasteiger partial charge in [-0.25, -0.2) is 12.8 Å². The molecule has 0 N–H and O–H groups in total. The van der Waals surface area contributed by atoms with Crippen molar-refractivity contribution >= 4 is 9.84 Å².